The van der Waals surface area contributed by atoms with Crippen LogP contribution >= 0.6 is 0 Å². The van der Waals surface area contributed by atoms with Crippen LogP contribution in [0.2, 0.25) is 0 Å². The maximum absolute atomic E-state index is 12.0. The van der Waals surface area contributed by atoms with E-state index in [2.05, 4.69) is 13.8 Å². The van der Waals surface area contributed by atoms with Gasteiger partial charge in [-0.15, -0.1) is 0 Å². The number of hydrogen-bond acceptors (Lipinski definition) is 4. The molecule has 0 radical (unpaired) electrons. The lowest BCUT2D eigenvalue weighted by Crippen LogP contribution is -2.24. The van der Waals surface area contributed by atoms with Crippen molar-refractivity contribution in [3.05, 3.63) is 27.5 Å². The van der Waals surface area contributed by atoms with Crippen LogP contribution in [0.1, 0.15) is 63.5 Å². The molecule has 0 amide bonds. The summed E-state index contributed by atoms with van der Waals surface area (Å²) in [5.74, 6) is -0.240. The highest BCUT2D eigenvalue weighted by Crippen LogP contribution is 2.18. The third-order valence-electron chi connectivity index (χ3n) is 4.07. The number of ether oxygens (including phenoxy) is 1. The number of rotatable bonds is 10. The fraction of sp³-hybridized carbons (Fsp3) is 0.667. The summed E-state index contributed by atoms with van der Waals surface area (Å²) >= 11 is 0. The Morgan fingerprint density at radius 2 is 2.09 bits per heavy atom. The summed E-state index contributed by atoms with van der Waals surface area (Å²) in [4.78, 5) is 12.0. The normalized spacial score (nSPS) is 12.1. The SMILES string of the molecule is CCCCCCOC(CC)CCn1c(O)c(C#N)c(C)cc1=O. The van der Waals surface area contributed by atoms with Gasteiger partial charge in [-0.1, -0.05) is 33.1 Å². The van der Waals surface area contributed by atoms with Crippen LogP contribution in [-0.2, 0) is 11.3 Å². The zero-order valence-corrected chi connectivity index (χ0v) is 14.5. The maximum Gasteiger partial charge on any atom is 0.253 e. The Bertz CT molecular complexity index is 587. The average Bonchev–Trinajstić information content (AvgIpc) is 2.52. The monoisotopic (exact) mass is 320 g/mol. The standard InChI is InChI=1S/C18H28N2O3/c1-4-6-7-8-11-23-15(5-2)9-10-20-17(21)12-14(3)16(13-19)18(20)22/h12,15,22H,4-11H2,1-3H3. The van der Waals surface area contributed by atoms with E-state index in [0.29, 0.717) is 18.5 Å². The van der Waals surface area contributed by atoms with Crippen LogP contribution < -0.4 is 5.56 Å². The van der Waals surface area contributed by atoms with Crippen LogP contribution in [0.5, 0.6) is 5.88 Å². The van der Waals surface area contributed by atoms with Gasteiger partial charge in [0.25, 0.3) is 5.56 Å². The summed E-state index contributed by atoms with van der Waals surface area (Å²) in [6, 6.07) is 3.34. The van der Waals surface area contributed by atoms with Gasteiger partial charge in [-0.25, -0.2) is 0 Å². The lowest BCUT2D eigenvalue weighted by atomic mass is 10.1. The molecule has 1 N–H and O–H groups in total. The summed E-state index contributed by atoms with van der Waals surface area (Å²) in [6.07, 6.45) is 6.23. The van der Waals surface area contributed by atoms with Crippen molar-refractivity contribution in [1.29, 1.82) is 5.26 Å². The first-order chi connectivity index (χ1) is 11.0. The molecule has 0 aliphatic heterocycles. The van der Waals surface area contributed by atoms with Crippen molar-refractivity contribution in [3.8, 4) is 11.9 Å². The minimum absolute atomic E-state index is 0.0646. The van der Waals surface area contributed by atoms with Crippen LogP contribution in [0.3, 0.4) is 0 Å². The molecular weight excluding hydrogens is 292 g/mol. The summed E-state index contributed by atoms with van der Waals surface area (Å²) in [6.45, 7) is 6.97. The molecule has 1 aromatic rings. The average molecular weight is 320 g/mol. The molecule has 0 saturated carbocycles. The molecule has 1 atom stereocenters. The molecule has 23 heavy (non-hydrogen) atoms. The second-order valence-corrected chi connectivity index (χ2v) is 5.88. The van der Waals surface area contributed by atoms with Crippen LogP contribution in [0, 0.1) is 18.3 Å². The molecule has 1 heterocycles. The molecule has 5 heteroatoms. The van der Waals surface area contributed by atoms with Crippen molar-refractivity contribution in [2.45, 2.75) is 71.9 Å². The molecule has 0 aromatic carbocycles. The van der Waals surface area contributed by atoms with Crippen LogP contribution in [0.4, 0.5) is 0 Å². The Labute approximate surface area is 138 Å². The zero-order valence-electron chi connectivity index (χ0n) is 14.5. The van der Waals surface area contributed by atoms with Crippen LogP contribution in [0.15, 0.2) is 10.9 Å². The summed E-state index contributed by atoms with van der Waals surface area (Å²) in [7, 11) is 0. The Kier molecular flexibility index (Phi) is 8.42. The van der Waals surface area contributed by atoms with E-state index in [1.54, 1.807) is 6.92 Å². The fourth-order valence-corrected chi connectivity index (χ4v) is 2.56. The van der Waals surface area contributed by atoms with E-state index in [-0.39, 0.29) is 23.1 Å². The highest BCUT2D eigenvalue weighted by atomic mass is 16.5. The van der Waals surface area contributed by atoms with Gasteiger partial charge in [0.1, 0.15) is 11.6 Å². The molecule has 128 valence electrons. The lowest BCUT2D eigenvalue weighted by molar-refractivity contribution is 0.0391. The first-order valence-electron chi connectivity index (χ1n) is 8.50. The molecule has 1 rings (SSSR count). The van der Waals surface area contributed by atoms with Crippen molar-refractivity contribution >= 4 is 0 Å². The van der Waals surface area contributed by atoms with E-state index in [1.165, 1.54) is 29.9 Å². The number of unbranched alkanes of at least 4 members (excludes halogenated alkanes) is 3. The second kappa shape index (κ2) is 10.1. The maximum atomic E-state index is 12.0. The predicted octanol–water partition coefficient (Wildman–Crippen LogP) is 3.50. The van der Waals surface area contributed by atoms with Crippen molar-refractivity contribution in [3.63, 3.8) is 0 Å². The lowest BCUT2D eigenvalue weighted by Gasteiger charge is -2.18. The molecule has 0 spiro atoms. The summed E-state index contributed by atoms with van der Waals surface area (Å²) in [5, 5.41) is 19.2. The number of aromatic nitrogens is 1. The minimum Gasteiger partial charge on any atom is -0.493 e. The topological polar surface area (TPSA) is 75.2 Å². The molecule has 0 aliphatic carbocycles. The minimum atomic E-state index is -0.281. The summed E-state index contributed by atoms with van der Waals surface area (Å²) in [5.41, 5.74) is 0.389. The molecule has 1 aromatic heterocycles. The van der Waals surface area contributed by atoms with Crippen molar-refractivity contribution in [2.75, 3.05) is 6.61 Å². The number of nitriles is 1. The van der Waals surface area contributed by atoms with Gasteiger partial charge in [-0.3, -0.25) is 9.36 Å². The first-order valence-corrected chi connectivity index (χ1v) is 8.50. The molecule has 0 fully saturated rings. The molecular formula is C18H28N2O3. The number of nitrogens with zero attached hydrogens (tertiary/aromatic N) is 2. The zero-order chi connectivity index (χ0) is 17.2. The van der Waals surface area contributed by atoms with Gasteiger partial charge in [0, 0.05) is 19.2 Å². The van der Waals surface area contributed by atoms with Crippen LogP contribution in [0.25, 0.3) is 0 Å². The Morgan fingerprint density at radius 3 is 2.70 bits per heavy atom. The first kappa shape index (κ1) is 19.2. The number of pyridine rings is 1. The van der Waals surface area contributed by atoms with E-state index in [9.17, 15) is 9.90 Å². The van der Waals surface area contributed by atoms with Gasteiger partial charge in [0.15, 0.2) is 0 Å². The molecule has 5 nitrogen and oxygen atoms in total. The van der Waals surface area contributed by atoms with Gasteiger partial charge in [0.05, 0.1) is 6.10 Å². The van der Waals surface area contributed by atoms with Gasteiger partial charge in [0.2, 0.25) is 5.88 Å². The molecule has 0 bridgehead atoms. The predicted molar refractivity (Wildman–Crippen MR) is 90.6 cm³/mol. The number of aryl methyl sites for hydroxylation is 1. The van der Waals surface area contributed by atoms with E-state index in [4.69, 9.17) is 10.00 Å². The van der Waals surface area contributed by atoms with E-state index >= 15 is 0 Å². The second-order valence-electron chi connectivity index (χ2n) is 5.88. The Morgan fingerprint density at radius 1 is 1.35 bits per heavy atom. The molecule has 1 unspecified atom stereocenters. The quantitative estimate of drug-likeness (QED) is 0.669. The smallest absolute Gasteiger partial charge is 0.253 e. The molecule has 0 aliphatic rings. The van der Waals surface area contributed by atoms with E-state index < -0.39 is 0 Å². The van der Waals surface area contributed by atoms with Gasteiger partial charge >= 0.3 is 0 Å². The third-order valence-corrected chi connectivity index (χ3v) is 4.07. The molecule has 0 saturated heterocycles. The van der Waals surface area contributed by atoms with E-state index in [0.717, 1.165) is 19.4 Å². The van der Waals surface area contributed by atoms with E-state index in [1.807, 2.05) is 6.07 Å². The van der Waals surface area contributed by atoms with Gasteiger partial charge in [-0.05, 0) is 31.7 Å². The van der Waals surface area contributed by atoms with Crippen molar-refractivity contribution in [2.24, 2.45) is 0 Å². The van der Waals surface area contributed by atoms with Gasteiger partial charge in [-0.2, -0.15) is 5.26 Å². The Hall–Kier alpha value is -1.80. The fourth-order valence-electron chi connectivity index (χ4n) is 2.56. The van der Waals surface area contributed by atoms with Crippen LogP contribution in [-0.4, -0.2) is 22.4 Å². The number of hydrogen-bond donors (Lipinski definition) is 1. The highest BCUT2D eigenvalue weighted by molar-refractivity contribution is 5.43. The third kappa shape index (κ3) is 5.72. The summed E-state index contributed by atoms with van der Waals surface area (Å²) < 4.78 is 7.12. The van der Waals surface area contributed by atoms with Gasteiger partial charge < -0.3 is 9.84 Å². The Balaban J connectivity index is 2.62. The number of aromatic hydroxyl groups is 1. The highest BCUT2D eigenvalue weighted by Gasteiger charge is 2.14. The van der Waals surface area contributed by atoms with Crippen molar-refractivity contribution in [1.82, 2.24) is 4.57 Å². The van der Waals surface area contributed by atoms with Crippen molar-refractivity contribution < 1.29 is 9.84 Å². The largest absolute Gasteiger partial charge is 0.493 e.